The number of nitrogens with one attached hydrogen (secondary N) is 2. The van der Waals surface area contributed by atoms with Gasteiger partial charge >= 0.3 is 0 Å². The zero-order valence-corrected chi connectivity index (χ0v) is 22.3. The lowest BCUT2D eigenvalue weighted by molar-refractivity contribution is 0.482. The van der Waals surface area contributed by atoms with Crippen LogP contribution >= 0.6 is 0 Å². The SMILES string of the molecule is c1ccc(Oc2cccc(-c3nc(-c4cccc(-c5n[nH]c(-c6cccc(Oc7ccccc7)c6)n5)c4)n[nH]3)c2)cc1. The number of hydrogen-bond donors (Lipinski definition) is 2. The molecule has 0 saturated carbocycles. The van der Waals surface area contributed by atoms with Crippen molar-refractivity contribution in [3.05, 3.63) is 133 Å². The Kier molecular flexibility index (Phi) is 6.68. The summed E-state index contributed by atoms with van der Waals surface area (Å²) in [5.74, 6) is 5.41. The molecule has 0 unspecified atom stereocenters. The van der Waals surface area contributed by atoms with Gasteiger partial charge in [-0.25, -0.2) is 9.97 Å². The Morgan fingerprint density at radius 1 is 0.381 bits per heavy atom. The summed E-state index contributed by atoms with van der Waals surface area (Å²) in [6.07, 6.45) is 0. The summed E-state index contributed by atoms with van der Waals surface area (Å²) in [5.41, 5.74) is 3.43. The maximum atomic E-state index is 5.98. The Hall–Kier alpha value is -6.02. The van der Waals surface area contributed by atoms with E-state index in [2.05, 4.69) is 20.4 Å². The van der Waals surface area contributed by atoms with Gasteiger partial charge in [0.25, 0.3) is 0 Å². The standard InChI is InChI=1S/C34H24N6O2/c1-3-14-27(15-4-1)41-29-18-8-12-25(21-29)33-35-31(37-39-33)23-10-7-11-24(20-23)32-36-34(40-38-32)26-13-9-19-30(22-26)42-28-16-5-2-6-17-28/h1-22H,(H,35,37,39)(H,36,38,40). The highest BCUT2D eigenvalue weighted by atomic mass is 16.5. The van der Waals surface area contributed by atoms with Gasteiger partial charge in [-0.1, -0.05) is 78.9 Å². The van der Waals surface area contributed by atoms with Crippen LogP contribution in [0.15, 0.2) is 133 Å². The second-order valence-corrected chi connectivity index (χ2v) is 9.48. The van der Waals surface area contributed by atoms with E-state index in [-0.39, 0.29) is 0 Å². The van der Waals surface area contributed by atoms with Gasteiger partial charge in [-0.15, -0.1) is 0 Å². The molecule has 0 bridgehead atoms. The number of benzene rings is 5. The highest BCUT2D eigenvalue weighted by molar-refractivity contribution is 5.69. The quantitative estimate of drug-likeness (QED) is 0.199. The van der Waals surface area contributed by atoms with Crippen LogP contribution in [0.2, 0.25) is 0 Å². The van der Waals surface area contributed by atoms with Gasteiger partial charge in [-0.3, -0.25) is 10.2 Å². The molecule has 0 aliphatic heterocycles. The van der Waals surface area contributed by atoms with E-state index < -0.39 is 0 Å². The van der Waals surface area contributed by atoms with Crippen LogP contribution in [0.1, 0.15) is 0 Å². The molecule has 0 amide bonds. The summed E-state index contributed by atoms with van der Waals surface area (Å²) in [5, 5.41) is 15.0. The van der Waals surface area contributed by atoms with Crippen LogP contribution in [0.25, 0.3) is 45.6 Å². The van der Waals surface area contributed by atoms with Crippen molar-refractivity contribution < 1.29 is 9.47 Å². The summed E-state index contributed by atoms with van der Waals surface area (Å²) < 4.78 is 12.0. The van der Waals surface area contributed by atoms with Crippen molar-refractivity contribution >= 4 is 0 Å². The van der Waals surface area contributed by atoms with Crippen molar-refractivity contribution in [1.82, 2.24) is 30.4 Å². The maximum absolute atomic E-state index is 5.98. The van der Waals surface area contributed by atoms with Crippen LogP contribution < -0.4 is 9.47 Å². The van der Waals surface area contributed by atoms with Crippen LogP contribution in [0.4, 0.5) is 0 Å². The molecule has 5 aromatic carbocycles. The monoisotopic (exact) mass is 548 g/mol. The van der Waals surface area contributed by atoms with Crippen LogP contribution in [-0.4, -0.2) is 30.4 Å². The normalized spacial score (nSPS) is 10.9. The molecule has 7 aromatic rings. The number of aromatic amines is 2. The Morgan fingerprint density at radius 2 is 0.786 bits per heavy atom. The molecule has 202 valence electrons. The van der Waals surface area contributed by atoms with Gasteiger partial charge < -0.3 is 9.47 Å². The van der Waals surface area contributed by atoms with Crippen molar-refractivity contribution in [2.45, 2.75) is 0 Å². The molecule has 2 aromatic heterocycles. The van der Waals surface area contributed by atoms with Gasteiger partial charge in [0.2, 0.25) is 0 Å². The lowest BCUT2D eigenvalue weighted by Gasteiger charge is -2.06. The summed E-state index contributed by atoms with van der Waals surface area (Å²) in [6.45, 7) is 0. The van der Waals surface area contributed by atoms with E-state index in [1.807, 2.05) is 133 Å². The first-order chi connectivity index (χ1) is 20.8. The lowest BCUT2D eigenvalue weighted by atomic mass is 10.1. The molecule has 0 aliphatic carbocycles. The minimum atomic E-state index is 0.572. The Bertz CT molecular complexity index is 1810. The molecule has 0 atom stereocenters. The second-order valence-electron chi connectivity index (χ2n) is 9.48. The van der Waals surface area contributed by atoms with Crippen LogP contribution in [0.5, 0.6) is 23.0 Å². The van der Waals surface area contributed by atoms with Crippen LogP contribution in [-0.2, 0) is 0 Å². The fourth-order valence-corrected chi connectivity index (χ4v) is 4.50. The van der Waals surface area contributed by atoms with Gasteiger partial charge in [0.15, 0.2) is 23.3 Å². The minimum absolute atomic E-state index is 0.572. The highest BCUT2D eigenvalue weighted by Crippen LogP contribution is 2.30. The zero-order valence-electron chi connectivity index (χ0n) is 22.3. The highest BCUT2D eigenvalue weighted by Gasteiger charge is 2.13. The topological polar surface area (TPSA) is 102 Å². The lowest BCUT2D eigenvalue weighted by Crippen LogP contribution is -1.87. The van der Waals surface area contributed by atoms with E-state index in [0.717, 1.165) is 45.3 Å². The summed E-state index contributed by atoms with van der Waals surface area (Å²) >= 11 is 0. The molecule has 2 heterocycles. The third-order valence-corrected chi connectivity index (χ3v) is 6.52. The van der Waals surface area contributed by atoms with Gasteiger partial charge in [0, 0.05) is 22.3 Å². The molecule has 8 nitrogen and oxygen atoms in total. The van der Waals surface area contributed by atoms with Crippen molar-refractivity contribution in [3.63, 3.8) is 0 Å². The molecular weight excluding hydrogens is 524 g/mol. The number of nitrogens with zero attached hydrogens (tertiary/aromatic N) is 4. The van der Waals surface area contributed by atoms with Crippen molar-refractivity contribution in [2.75, 3.05) is 0 Å². The van der Waals surface area contributed by atoms with Gasteiger partial charge in [0.05, 0.1) is 0 Å². The molecule has 0 aliphatic rings. The minimum Gasteiger partial charge on any atom is -0.457 e. The molecule has 0 saturated heterocycles. The molecule has 0 spiro atoms. The second kappa shape index (κ2) is 11.2. The molecule has 0 fully saturated rings. The number of ether oxygens (including phenoxy) is 2. The molecule has 7 rings (SSSR count). The van der Waals surface area contributed by atoms with E-state index in [4.69, 9.17) is 19.4 Å². The van der Waals surface area contributed by atoms with Crippen molar-refractivity contribution in [1.29, 1.82) is 0 Å². The van der Waals surface area contributed by atoms with E-state index in [1.165, 1.54) is 0 Å². The number of para-hydroxylation sites is 2. The number of aromatic nitrogens is 6. The predicted molar refractivity (Wildman–Crippen MR) is 161 cm³/mol. The van der Waals surface area contributed by atoms with E-state index in [0.29, 0.717) is 23.3 Å². The molecule has 0 radical (unpaired) electrons. The zero-order chi connectivity index (χ0) is 28.1. The van der Waals surface area contributed by atoms with E-state index >= 15 is 0 Å². The first-order valence-electron chi connectivity index (χ1n) is 13.4. The Morgan fingerprint density at radius 3 is 1.26 bits per heavy atom. The molecule has 2 N–H and O–H groups in total. The van der Waals surface area contributed by atoms with Crippen LogP contribution in [0, 0.1) is 0 Å². The first kappa shape index (κ1) is 25.0. The van der Waals surface area contributed by atoms with Gasteiger partial charge in [0.1, 0.15) is 23.0 Å². The fraction of sp³-hybridized carbons (Fsp3) is 0. The molecular formula is C34H24N6O2. The van der Waals surface area contributed by atoms with Crippen LogP contribution in [0.3, 0.4) is 0 Å². The number of rotatable bonds is 8. The first-order valence-corrected chi connectivity index (χ1v) is 13.4. The van der Waals surface area contributed by atoms with E-state index in [9.17, 15) is 0 Å². The van der Waals surface area contributed by atoms with Gasteiger partial charge in [-0.2, -0.15) is 10.2 Å². The van der Waals surface area contributed by atoms with Crippen molar-refractivity contribution in [3.8, 4) is 68.5 Å². The predicted octanol–water partition coefficient (Wildman–Crippen LogP) is 8.18. The number of H-pyrrole nitrogens is 2. The summed E-state index contributed by atoms with van der Waals surface area (Å²) in [7, 11) is 0. The van der Waals surface area contributed by atoms with Gasteiger partial charge in [-0.05, 0) is 54.6 Å². The third kappa shape index (κ3) is 5.50. The average Bonchev–Trinajstić information content (AvgIpc) is 3.74. The smallest absolute Gasteiger partial charge is 0.181 e. The summed E-state index contributed by atoms with van der Waals surface area (Å²) in [4.78, 5) is 9.49. The Labute approximate surface area is 241 Å². The Balaban J connectivity index is 1.10. The fourth-order valence-electron chi connectivity index (χ4n) is 4.50. The summed E-state index contributed by atoms with van der Waals surface area (Å²) in [6, 6.07) is 42.7. The molecule has 42 heavy (non-hydrogen) atoms. The third-order valence-electron chi connectivity index (χ3n) is 6.52. The largest absolute Gasteiger partial charge is 0.457 e. The average molecular weight is 549 g/mol. The molecule has 8 heteroatoms. The van der Waals surface area contributed by atoms with Crippen molar-refractivity contribution in [2.24, 2.45) is 0 Å². The number of hydrogen-bond acceptors (Lipinski definition) is 6. The van der Waals surface area contributed by atoms with E-state index in [1.54, 1.807) is 0 Å². The maximum Gasteiger partial charge on any atom is 0.181 e.